The largest absolute Gasteiger partial charge is 0.462 e. The first-order valence-corrected chi connectivity index (χ1v) is 7.41. The summed E-state index contributed by atoms with van der Waals surface area (Å²) in [6, 6.07) is 0. The lowest BCUT2D eigenvalue weighted by Gasteiger charge is -2.30. The maximum Gasteiger partial charge on any atom is 0.309 e. The van der Waals surface area contributed by atoms with Gasteiger partial charge < -0.3 is 14.3 Å². The van der Waals surface area contributed by atoms with Gasteiger partial charge in [-0.25, -0.2) is 0 Å². The Balaban J connectivity index is 1.71. The first kappa shape index (κ1) is 14.5. The zero-order valence-electron chi connectivity index (χ0n) is 11.7. The van der Waals surface area contributed by atoms with E-state index in [0.717, 1.165) is 57.7 Å². The van der Waals surface area contributed by atoms with E-state index in [-0.39, 0.29) is 23.9 Å². The molecule has 2 aliphatic rings. The van der Waals surface area contributed by atoms with Crippen molar-refractivity contribution < 1.29 is 19.1 Å². The molecule has 0 N–H and O–H groups in total. The highest BCUT2D eigenvalue weighted by atomic mass is 16.5. The van der Waals surface area contributed by atoms with Gasteiger partial charge in [-0.15, -0.1) is 0 Å². The molecule has 0 amide bonds. The second-order valence-corrected chi connectivity index (χ2v) is 5.82. The molecule has 2 rings (SSSR count). The van der Waals surface area contributed by atoms with Crippen LogP contribution in [0.1, 0.15) is 51.4 Å². The van der Waals surface area contributed by atoms with Gasteiger partial charge in [0.15, 0.2) is 0 Å². The Morgan fingerprint density at radius 2 is 1.53 bits per heavy atom. The Bertz CT molecular complexity index is 299. The lowest BCUT2D eigenvalue weighted by molar-refractivity contribution is -0.158. The number of ether oxygens (including phenoxy) is 2. The Labute approximate surface area is 114 Å². The fourth-order valence-corrected chi connectivity index (χ4v) is 3.14. The molecule has 0 aliphatic heterocycles. The third kappa shape index (κ3) is 4.03. The summed E-state index contributed by atoms with van der Waals surface area (Å²) in [6.45, 7) is 0. The number of carbonyl (C=O) groups excluding carboxylic acids is 2. The Hall–Kier alpha value is -0.900. The molecular weight excluding hydrogens is 244 g/mol. The van der Waals surface area contributed by atoms with Crippen molar-refractivity contribution in [2.24, 2.45) is 11.8 Å². The molecule has 4 heteroatoms. The van der Waals surface area contributed by atoms with Crippen LogP contribution < -0.4 is 0 Å². The molecule has 0 atom stereocenters. The van der Waals surface area contributed by atoms with Crippen LogP contribution in [0.5, 0.6) is 0 Å². The molecule has 0 radical (unpaired) electrons. The van der Waals surface area contributed by atoms with Crippen molar-refractivity contribution in [3.8, 4) is 0 Å². The SMILES string of the molecule is COC1CCC(C(=O)OC2CCC(C=O)CC2)CC1. The van der Waals surface area contributed by atoms with Crippen LogP contribution in [-0.4, -0.2) is 31.6 Å². The molecule has 0 aromatic heterocycles. The maximum atomic E-state index is 12.1. The third-order valence-corrected chi connectivity index (χ3v) is 4.54. The summed E-state index contributed by atoms with van der Waals surface area (Å²) in [4.78, 5) is 22.8. The quantitative estimate of drug-likeness (QED) is 0.580. The molecule has 0 aromatic rings. The predicted molar refractivity (Wildman–Crippen MR) is 70.7 cm³/mol. The summed E-state index contributed by atoms with van der Waals surface area (Å²) < 4.78 is 10.9. The summed E-state index contributed by atoms with van der Waals surface area (Å²) in [5.41, 5.74) is 0. The summed E-state index contributed by atoms with van der Waals surface area (Å²) in [5.74, 6) is 0.186. The van der Waals surface area contributed by atoms with E-state index in [2.05, 4.69) is 0 Å². The molecule has 0 heterocycles. The Morgan fingerprint density at radius 3 is 2.05 bits per heavy atom. The number of esters is 1. The molecule has 0 bridgehead atoms. The normalized spacial score (nSPS) is 35.6. The number of hydrogen-bond donors (Lipinski definition) is 0. The zero-order chi connectivity index (χ0) is 13.7. The second kappa shape index (κ2) is 7.04. The lowest BCUT2D eigenvalue weighted by atomic mass is 9.86. The minimum Gasteiger partial charge on any atom is -0.462 e. The fraction of sp³-hybridized carbons (Fsp3) is 0.867. The highest BCUT2D eigenvalue weighted by Crippen LogP contribution is 2.30. The van der Waals surface area contributed by atoms with Crippen LogP contribution in [0.4, 0.5) is 0 Å². The second-order valence-electron chi connectivity index (χ2n) is 5.82. The number of methoxy groups -OCH3 is 1. The molecule has 0 unspecified atom stereocenters. The molecule has 2 fully saturated rings. The van der Waals surface area contributed by atoms with E-state index in [4.69, 9.17) is 9.47 Å². The minimum absolute atomic E-state index is 0.0313. The summed E-state index contributed by atoms with van der Waals surface area (Å²) in [7, 11) is 1.73. The van der Waals surface area contributed by atoms with Crippen molar-refractivity contribution in [3.63, 3.8) is 0 Å². The lowest BCUT2D eigenvalue weighted by Crippen LogP contribution is -2.31. The van der Waals surface area contributed by atoms with Crippen LogP contribution in [0, 0.1) is 11.8 Å². The topological polar surface area (TPSA) is 52.6 Å². The van der Waals surface area contributed by atoms with Gasteiger partial charge in [-0.1, -0.05) is 0 Å². The summed E-state index contributed by atoms with van der Waals surface area (Å²) in [6.07, 6.45) is 8.42. The standard InChI is InChI=1S/C15H24O4/c1-18-13-8-4-12(5-9-13)15(17)19-14-6-2-11(10-16)3-7-14/h10-14H,2-9H2,1H3. The Kier molecular flexibility index (Phi) is 5.37. The summed E-state index contributed by atoms with van der Waals surface area (Å²) >= 11 is 0. The van der Waals surface area contributed by atoms with Gasteiger partial charge in [0.05, 0.1) is 12.0 Å². The number of rotatable bonds is 4. The van der Waals surface area contributed by atoms with Crippen molar-refractivity contribution in [1.82, 2.24) is 0 Å². The molecule has 4 nitrogen and oxygen atoms in total. The molecule has 19 heavy (non-hydrogen) atoms. The Morgan fingerprint density at radius 1 is 0.947 bits per heavy atom. The molecule has 0 saturated heterocycles. The van der Waals surface area contributed by atoms with Gasteiger partial charge in [-0.05, 0) is 51.4 Å². The van der Waals surface area contributed by atoms with E-state index in [1.54, 1.807) is 7.11 Å². The molecule has 2 aliphatic carbocycles. The van der Waals surface area contributed by atoms with Crippen molar-refractivity contribution in [1.29, 1.82) is 0 Å². The molecule has 108 valence electrons. The van der Waals surface area contributed by atoms with E-state index < -0.39 is 0 Å². The van der Waals surface area contributed by atoms with Crippen molar-refractivity contribution in [2.45, 2.75) is 63.6 Å². The van der Waals surface area contributed by atoms with Crippen LogP contribution >= 0.6 is 0 Å². The minimum atomic E-state index is -0.0379. The van der Waals surface area contributed by atoms with Crippen molar-refractivity contribution >= 4 is 12.3 Å². The first-order valence-electron chi connectivity index (χ1n) is 7.41. The molecular formula is C15H24O4. The smallest absolute Gasteiger partial charge is 0.309 e. The monoisotopic (exact) mass is 268 g/mol. The van der Waals surface area contributed by atoms with Gasteiger partial charge in [0, 0.05) is 13.0 Å². The number of hydrogen-bond acceptors (Lipinski definition) is 4. The van der Waals surface area contributed by atoms with E-state index in [1.165, 1.54) is 0 Å². The van der Waals surface area contributed by atoms with Crippen LogP contribution in [-0.2, 0) is 19.1 Å². The highest BCUT2D eigenvalue weighted by Gasteiger charge is 2.30. The van der Waals surface area contributed by atoms with Crippen LogP contribution in [0.2, 0.25) is 0 Å². The van der Waals surface area contributed by atoms with Crippen molar-refractivity contribution in [3.05, 3.63) is 0 Å². The molecule has 2 saturated carbocycles. The van der Waals surface area contributed by atoms with E-state index >= 15 is 0 Å². The van der Waals surface area contributed by atoms with Gasteiger partial charge in [0.25, 0.3) is 0 Å². The average molecular weight is 268 g/mol. The van der Waals surface area contributed by atoms with E-state index in [9.17, 15) is 9.59 Å². The van der Waals surface area contributed by atoms with E-state index in [1.807, 2.05) is 0 Å². The van der Waals surface area contributed by atoms with Gasteiger partial charge in [0.2, 0.25) is 0 Å². The van der Waals surface area contributed by atoms with Gasteiger partial charge in [-0.3, -0.25) is 4.79 Å². The van der Waals surface area contributed by atoms with Crippen LogP contribution in [0.3, 0.4) is 0 Å². The average Bonchev–Trinajstić information content (AvgIpc) is 2.48. The predicted octanol–water partition coefficient (Wildman–Crippen LogP) is 2.49. The zero-order valence-corrected chi connectivity index (χ0v) is 11.7. The van der Waals surface area contributed by atoms with Gasteiger partial charge in [0.1, 0.15) is 12.4 Å². The fourth-order valence-electron chi connectivity index (χ4n) is 3.14. The van der Waals surface area contributed by atoms with E-state index in [0.29, 0.717) is 6.10 Å². The highest BCUT2D eigenvalue weighted by molar-refractivity contribution is 5.72. The van der Waals surface area contributed by atoms with Crippen molar-refractivity contribution in [2.75, 3.05) is 7.11 Å². The van der Waals surface area contributed by atoms with Gasteiger partial charge in [-0.2, -0.15) is 0 Å². The maximum absolute atomic E-state index is 12.1. The summed E-state index contributed by atoms with van der Waals surface area (Å²) in [5, 5.41) is 0. The van der Waals surface area contributed by atoms with Gasteiger partial charge >= 0.3 is 5.97 Å². The first-order chi connectivity index (χ1) is 9.22. The third-order valence-electron chi connectivity index (χ3n) is 4.54. The number of carbonyl (C=O) groups is 2. The molecule has 0 spiro atoms. The molecule has 0 aromatic carbocycles. The number of aldehydes is 1. The van der Waals surface area contributed by atoms with Crippen LogP contribution in [0.25, 0.3) is 0 Å². The van der Waals surface area contributed by atoms with Crippen LogP contribution in [0.15, 0.2) is 0 Å².